The first-order valence-electron chi connectivity index (χ1n) is 12.0. The van der Waals surface area contributed by atoms with Gasteiger partial charge in [-0.1, -0.05) is 84.0 Å². The van der Waals surface area contributed by atoms with Crippen molar-refractivity contribution in [2.75, 3.05) is 40.9 Å². The van der Waals surface area contributed by atoms with E-state index in [-0.39, 0.29) is 18.1 Å². The topological polar surface area (TPSA) is 61.9 Å². The van der Waals surface area contributed by atoms with Crippen LogP contribution in [0.4, 0.5) is 0 Å². The number of carboxylic acid groups (broad SMARTS) is 1. The highest BCUT2D eigenvalue weighted by molar-refractivity contribution is 5.64. The van der Waals surface area contributed by atoms with Crippen molar-refractivity contribution in [3.05, 3.63) is 0 Å². The van der Waals surface area contributed by atoms with E-state index in [2.05, 4.69) is 6.92 Å². The molecule has 5 nitrogen and oxygen atoms in total. The standard InChI is InChI=1S/C24H47NO4/c1-5-6-7-8-9-10-11-12-13-14-15-16-17-24(21-29-24)20-28-22(18-23(26)27)19-25(2,3)4/h22H,5-21H2,1-4H3/t22?,24-/m0/s1. The van der Waals surface area contributed by atoms with Crippen LogP contribution >= 0.6 is 0 Å². The van der Waals surface area contributed by atoms with Crippen LogP contribution in [0.1, 0.15) is 96.8 Å². The van der Waals surface area contributed by atoms with Gasteiger partial charge >= 0.3 is 0 Å². The number of unbranched alkanes of at least 4 members (excludes halogenated alkanes) is 11. The number of carbonyl (C=O) groups excluding carboxylic acids is 1. The fourth-order valence-corrected chi connectivity index (χ4v) is 3.93. The van der Waals surface area contributed by atoms with E-state index in [1.165, 1.54) is 77.0 Å². The Morgan fingerprint density at radius 2 is 1.45 bits per heavy atom. The average molecular weight is 414 g/mol. The predicted molar refractivity (Wildman–Crippen MR) is 117 cm³/mol. The molecule has 172 valence electrons. The van der Waals surface area contributed by atoms with Gasteiger partial charge in [0.05, 0.1) is 34.4 Å². The van der Waals surface area contributed by atoms with Crippen LogP contribution in [-0.2, 0) is 14.3 Å². The van der Waals surface area contributed by atoms with E-state index in [1.54, 1.807) is 0 Å². The van der Waals surface area contributed by atoms with Crippen molar-refractivity contribution in [1.29, 1.82) is 0 Å². The summed E-state index contributed by atoms with van der Waals surface area (Å²) in [7, 11) is 6.13. The summed E-state index contributed by atoms with van der Waals surface area (Å²) in [5, 5.41) is 11.0. The molecule has 29 heavy (non-hydrogen) atoms. The molecular formula is C24H47NO4. The molecule has 1 unspecified atom stereocenters. The van der Waals surface area contributed by atoms with Crippen LogP contribution in [0.2, 0.25) is 0 Å². The van der Waals surface area contributed by atoms with Crippen LogP contribution < -0.4 is 5.11 Å². The Morgan fingerprint density at radius 3 is 1.86 bits per heavy atom. The second-order valence-corrected chi connectivity index (χ2v) is 10.1. The molecule has 0 N–H and O–H groups in total. The lowest BCUT2D eigenvalue weighted by atomic mass is 10.0. The van der Waals surface area contributed by atoms with E-state index in [1.807, 2.05) is 21.1 Å². The first kappa shape index (κ1) is 26.4. The summed E-state index contributed by atoms with van der Waals surface area (Å²) >= 11 is 0. The molecular weight excluding hydrogens is 366 g/mol. The van der Waals surface area contributed by atoms with Crippen molar-refractivity contribution in [3.8, 4) is 0 Å². The third-order valence-corrected chi connectivity index (χ3v) is 5.77. The second-order valence-electron chi connectivity index (χ2n) is 10.1. The Morgan fingerprint density at radius 1 is 0.966 bits per heavy atom. The van der Waals surface area contributed by atoms with Gasteiger partial charge in [0, 0.05) is 12.4 Å². The Hall–Kier alpha value is -0.650. The van der Waals surface area contributed by atoms with Crippen LogP contribution in [0.25, 0.3) is 0 Å². The number of rotatable bonds is 20. The first-order chi connectivity index (χ1) is 13.8. The second kappa shape index (κ2) is 14.4. The lowest BCUT2D eigenvalue weighted by Gasteiger charge is -2.30. The Balaban J connectivity index is 2.05. The minimum Gasteiger partial charge on any atom is -0.550 e. The summed E-state index contributed by atoms with van der Waals surface area (Å²) in [5.41, 5.74) is -0.159. The minimum atomic E-state index is -1.05. The van der Waals surface area contributed by atoms with Gasteiger partial charge in [0.1, 0.15) is 18.2 Å². The number of quaternary nitrogens is 1. The molecule has 1 fully saturated rings. The maximum atomic E-state index is 11.0. The van der Waals surface area contributed by atoms with Crippen molar-refractivity contribution in [1.82, 2.24) is 0 Å². The Bertz CT molecular complexity index is 429. The normalized spacial score (nSPS) is 20.0. The van der Waals surface area contributed by atoms with Crippen LogP contribution in [0.5, 0.6) is 0 Å². The monoisotopic (exact) mass is 413 g/mol. The predicted octanol–water partition coefficient (Wildman–Crippen LogP) is 4.08. The van der Waals surface area contributed by atoms with Crippen LogP contribution in [-0.4, -0.2) is 63.1 Å². The van der Waals surface area contributed by atoms with E-state index < -0.39 is 5.97 Å². The van der Waals surface area contributed by atoms with E-state index in [0.29, 0.717) is 17.6 Å². The number of carboxylic acids is 1. The van der Waals surface area contributed by atoms with Crippen LogP contribution in [0, 0.1) is 0 Å². The lowest BCUT2D eigenvalue weighted by molar-refractivity contribution is -0.873. The molecule has 1 saturated heterocycles. The average Bonchev–Trinajstić information content (AvgIpc) is 3.39. The number of aliphatic carboxylic acids is 1. The third-order valence-electron chi connectivity index (χ3n) is 5.77. The smallest absolute Gasteiger partial charge is 0.115 e. The van der Waals surface area contributed by atoms with Gasteiger partial charge in [-0.05, 0) is 6.42 Å². The van der Waals surface area contributed by atoms with Crippen molar-refractivity contribution < 1.29 is 23.9 Å². The quantitative estimate of drug-likeness (QED) is 0.171. The van der Waals surface area contributed by atoms with E-state index in [0.717, 1.165) is 13.0 Å². The largest absolute Gasteiger partial charge is 0.550 e. The molecule has 0 bridgehead atoms. The molecule has 0 amide bonds. The third kappa shape index (κ3) is 14.9. The minimum absolute atomic E-state index is 0.0514. The van der Waals surface area contributed by atoms with E-state index in [4.69, 9.17) is 9.47 Å². The maximum Gasteiger partial charge on any atom is 0.115 e. The summed E-state index contributed by atoms with van der Waals surface area (Å²) in [6, 6.07) is 0. The summed E-state index contributed by atoms with van der Waals surface area (Å²) < 4.78 is 12.3. The van der Waals surface area contributed by atoms with Gasteiger partial charge < -0.3 is 23.9 Å². The van der Waals surface area contributed by atoms with Crippen molar-refractivity contribution >= 4 is 5.97 Å². The van der Waals surface area contributed by atoms with Crippen molar-refractivity contribution in [3.63, 3.8) is 0 Å². The first-order valence-corrected chi connectivity index (χ1v) is 12.0. The zero-order valence-electron chi connectivity index (χ0n) is 19.7. The number of carbonyl (C=O) groups is 1. The molecule has 1 rings (SSSR count). The molecule has 0 saturated carbocycles. The number of hydrogen-bond acceptors (Lipinski definition) is 4. The number of nitrogens with zero attached hydrogens (tertiary/aromatic N) is 1. The summed E-state index contributed by atoms with van der Waals surface area (Å²) in [5.74, 6) is -1.05. The van der Waals surface area contributed by atoms with Gasteiger partial charge in [0.2, 0.25) is 0 Å². The molecule has 1 aliphatic heterocycles. The number of hydrogen-bond donors (Lipinski definition) is 0. The van der Waals surface area contributed by atoms with Gasteiger partial charge in [-0.15, -0.1) is 0 Å². The lowest BCUT2D eigenvalue weighted by Crippen LogP contribution is -2.45. The summed E-state index contributed by atoms with van der Waals surface area (Å²) in [4.78, 5) is 11.0. The molecule has 0 aromatic heterocycles. The molecule has 0 spiro atoms. The van der Waals surface area contributed by atoms with Crippen LogP contribution in [0.3, 0.4) is 0 Å². The Kier molecular flexibility index (Phi) is 13.1. The molecule has 0 aliphatic carbocycles. The summed E-state index contributed by atoms with van der Waals surface area (Å²) in [6.45, 7) is 4.17. The van der Waals surface area contributed by atoms with Gasteiger partial charge in [0.25, 0.3) is 0 Å². The highest BCUT2D eigenvalue weighted by Gasteiger charge is 2.45. The summed E-state index contributed by atoms with van der Waals surface area (Å²) in [6.07, 6.45) is 16.8. The molecule has 0 aromatic rings. The zero-order valence-corrected chi connectivity index (χ0v) is 19.7. The van der Waals surface area contributed by atoms with Crippen LogP contribution in [0.15, 0.2) is 0 Å². The van der Waals surface area contributed by atoms with Gasteiger partial charge in [-0.25, -0.2) is 0 Å². The number of ether oxygens (including phenoxy) is 2. The molecule has 1 heterocycles. The molecule has 1 aliphatic rings. The highest BCUT2D eigenvalue weighted by atomic mass is 16.6. The van der Waals surface area contributed by atoms with Crippen molar-refractivity contribution in [2.45, 2.75) is 109 Å². The molecule has 5 heteroatoms. The molecule has 0 aromatic carbocycles. The van der Waals surface area contributed by atoms with Crippen molar-refractivity contribution in [2.24, 2.45) is 0 Å². The SMILES string of the molecule is CCCCCCCCCCCCCC[C@]1(COC(CC(=O)[O-])C[N+](C)(C)C)CO1. The van der Waals surface area contributed by atoms with Gasteiger partial charge in [-0.3, -0.25) is 0 Å². The zero-order chi connectivity index (χ0) is 21.6. The van der Waals surface area contributed by atoms with Gasteiger partial charge in [-0.2, -0.15) is 0 Å². The van der Waals surface area contributed by atoms with E-state index in [9.17, 15) is 9.90 Å². The van der Waals surface area contributed by atoms with Gasteiger partial charge in [0.15, 0.2) is 0 Å². The number of epoxide rings is 1. The molecule has 2 atom stereocenters. The maximum absolute atomic E-state index is 11.0. The highest BCUT2D eigenvalue weighted by Crippen LogP contribution is 2.34. The fourth-order valence-electron chi connectivity index (χ4n) is 3.93. The number of likely N-dealkylation sites (N-methyl/N-ethyl adjacent to an activating group) is 1. The Labute approximate surface area is 179 Å². The molecule has 0 radical (unpaired) electrons. The fraction of sp³-hybridized carbons (Fsp3) is 0.958. The van der Waals surface area contributed by atoms with E-state index >= 15 is 0 Å².